The maximum Gasteiger partial charge on any atom is 0.227 e. The van der Waals surface area contributed by atoms with Crippen LogP contribution in [0, 0.1) is 0 Å². The Hall–Kier alpha value is -2.21. The average molecular weight is 330 g/mol. The van der Waals surface area contributed by atoms with Crippen molar-refractivity contribution in [1.29, 1.82) is 0 Å². The van der Waals surface area contributed by atoms with Gasteiger partial charge in [-0.25, -0.2) is 0 Å². The van der Waals surface area contributed by atoms with Gasteiger partial charge in [0.15, 0.2) is 5.82 Å². The molecule has 2 N–H and O–H groups in total. The molecule has 1 heterocycles. The van der Waals surface area contributed by atoms with E-state index in [2.05, 4.69) is 10.1 Å². The molecule has 1 aromatic carbocycles. The normalized spacial score (nSPS) is 11.0. The third-order valence-corrected chi connectivity index (χ3v) is 3.75. The van der Waals surface area contributed by atoms with E-state index in [1.54, 1.807) is 0 Å². The average Bonchev–Trinajstić information content (AvgIpc) is 3.06. The van der Waals surface area contributed by atoms with Gasteiger partial charge in [0.25, 0.3) is 0 Å². The molecule has 0 atom stereocenters. The van der Waals surface area contributed by atoms with Gasteiger partial charge in [-0.2, -0.15) is 4.98 Å². The zero-order valence-corrected chi connectivity index (χ0v) is 14.4. The maximum atomic E-state index is 12.6. The van der Waals surface area contributed by atoms with Crippen LogP contribution < -0.4 is 5.73 Å². The molecule has 24 heavy (non-hydrogen) atoms. The summed E-state index contributed by atoms with van der Waals surface area (Å²) in [4.78, 5) is 18.7. The first-order valence-electron chi connectivity index (χ1n) is 8.44. The number of amides is 1. The molecule has 0 unspecified atom stereocenters. The highest BCUT2D eigenvalue weighted by atomic mass is 16.5. The van der Waals surface area contributed by atoms with Gasteiger partial charge >= 0.3 is 0 Å². The Bertz CT molecular complexity index is 625. The number of carbonyl (C=O) groups excluding carboxylic acids is 1. The summed E-state index contributed by atoms with van der Waals surface area (Å²) in [5.74, 6) is 1.50. The third-order valence-electron chi connectivity index (χ3n) is 3.75. The fourth-order valence-corrected chi connectivity index (χ4v) is 2.35. The zero-order valence-electron chi connectivity index (χ0n) is 14.4. The van der Waals surface area contributed by atoms with Gasteiger partial charge in [-0.15, -0.1) is 0 Å². The third kappa shape index (κ3) is 5.45. The van der Waals surface area contributed by atoms with Crippen LogP contribution >= 0.6 is 0 Å². The predicted octanol–water partition coefficient (Wildman–Crippen LogP) is 2.50. The number of carbonyl (C=O) groups is 1. The predicted molar refractivity (Wildman–Crippen MR) is 92.2 cm³/mol. The molecule has 0 fully saturated rings. The lowest BCUT2D eigenvalue weighted by Gasteiger charge is -2.22. The number of hydrogen-bond donors (Lipinski definition) is 1. The molecule has 2 rings (SSSR count). The molecule has 130 valence electrons. The molecule has 6 heteroatoms. The summed E-state index contributed by atoms with van der Waals surface area (Å²) < 4.78 is 5.20. The van der Waals surface area contributed by atoms with Crippen LogP contribution in [0.15, 0.2) is 34.9 Å². The monoisotopic (exact) mass is 330 g/mol. The highest BCUT2D eigenvalue weighted by Crippen LogP contribution is 2.12. The fraction of sp³-hybridized carbons (Fsp3) is 0.500. The van der Waals surface area contributed by atoms with Crippen LogP contribution in [0.1, 0.15) is 49.9 Å². The van der Waals surface area contributed by atoms with Gasteiger partial charge in [0.2, 0.25) is 11.8 Å². The molecule has 0 spiro atoms. The minimum Gasteiger partial charge on any atom is -0.339 e. The quantitative estimate of drug-likeness (QED) is 0.763. The minimum atomic E-state index is 0.0802. The molecule has 6 nitrogen and oxygen atoms in total. The number of nitrogens with zero attached hydrogens (tertiary/aromatic N) is 3. The number of aromatic nitrogens is 2. The summed E-state index contributed by atoms with van der Waals surface area (Å²) in [7, 11) is 0. The lowest BCUT2D eigenvalue weighted by molar-refractivity contribution is -0.131. The summed E-state index contributed by atoms with van der Waals surface area (Å²) in [6.45, 7) is 5.84. The molecule has 0 saturated carbocycles. The molecular weight excluding hydrogens is 304 g/mol. The van der Waals surface area contributed by atoms with Gasteiger partial charge in [0.05, 0.1) is 0 Å². The summed E-state index contributed by atoms with van der Waals surface area (Å²) in [5, 5.41) is 3.93. The van der Waals surface area contributed by atoms with Gasteiger partial charge in [-0.3, -0.25) is 4.79 Å². The Morgan fingerprint density at radius 1 is 1.29 bits per heavy atom. The van der Waals surface area contributed by atoms with E-state index in [1.807, 2.05) is 49.1 Å². The molecule has 1 amide bonds. The van der Waals surface area contributed by atoms with Crippen molar-refractivity contribution < 1.29 is 9.32 Å². The van der Waals surface area contributed by atoms with E-state index in [9.17, 15) is 4.79 Å². The summed E-state index contributed by atoms with van der Waals surface area (Å²) in [6, 6.07) is 9.97. The Morgan fingerprint density at radius 2 is 2.04 bits per heavy atom. The number of nitrogens with two attached hydrogens (primary N) is 1. The Kier molecular flexibility index (Phi) is 6.93. The van der Waals surface area contributed by atoms with Crippen molar-refractivity contribution in [1.82, 2.24) is 15.0 Å². The molecule has 0 aliphatic heterocycles. The van der Waals surface area contributed by atoms with E-state index in [-0.39, 0.29) is 11.8 Å². The van der Waals surface area contributed by atoms with Crippen molar-refractivity contribution in [3.05, 3.63) is 47.6 Å². The fourth-order valence-electron chi connectivity index (χ4n) is 2.35. The second-order valence-electron chi connectivity index (χ2n) is 6.14. The molecule has 1 aromatic heterocycles. The Balaban J connectivity index is 1.93. The van der Waals surface area contributed by atoms with E-state index in [1.165, 1.54) is 0 Å². The first-order valence-corrected chi connectivity index (χ1v) is 8.44. The van der Waals surface area contributed by atoms with E-state index in [0.717, 1.165) is 12.0 Å². The van der Waals surface area contributed by atoms with Gasteiger partial charge < -0.3 is 15.2 Å². The second-order valence-corrected chi connectivity index (χ2v) is 6.14. The van der Waals surface area contributed by atoms with E-state index < -0.39 is 0 Å². The highest BCUT2D eigenvalue weighted by Gasteiger charge is 2.16. The van der Waals surface area contributed by atoms with Crippen molar-refractivity contribution >= 4 is 5.91 Å². The van der Waals surface area contributed by atoms with Crippen molar-refractivity contribution in [3.63, 3.8) is 0 Å². The van der Waals surface area contributed by atoms with Gasteiger partial charge in [0, 0.05) is 31.8 Å². The minimum absolute atomic E-state index is 0.0802. The molecule has 0 aliphatic rings. The molecular formula is C18H26N4O2. The van der Waals surface area contributed by atoms with Crippen LogP contribution in [0.2, 0.25) is 0 Å². The van der Waals surface area contributed by atoms with Crippen LogP contribution in [-0.2, 0) is 17.8 Å². The molecule has 0 saturated heterocycles. The van der Waals surface area contributed by atoms with Crippen molar-refractivity contribution in [2.24, 2.45) is 5.73 Å². The summed E-state index contributed by atoms with van der Waals surface area (Å²) >= 11 is 0. The molecule has 0 radical (unpaired) electrons. The van der Waals surface area contributed by atoms with Crippen molar-refractivity contribution in [3.8, 4) is 0 Å². The Labute approximate surface area is 143 Å². The van der Waals surface area contributed by atoms with Crippen molar-refractivity contribution in [2.75, 3.05) is 13.1 Å². The zero-order chi connectivity index (χ0) is 17.4. The van der Waals surface area contributed by atoms with Gasteiger partial charge in [-0.1, -0.05) is 49.3 Å². The van der Waals surface area contributed by atoms with Crippen LogP contribution in [0.5, 0.6) is 0 Å². The van der Waals surface area contributed by atoms with Crippen LogP contribution in [0.3, 0.4) is 0 Å². The van der Waals surface area contributed by atoms with E-state index >= 15 is 0 Å². The summed E-state index contributed by atoms with van der Waals surface area (Å²) in [6.07, 6.45) is 1.61. The highest BCUT2D eigenvalue weighted by molar-refractivity contribution is 5.76. The molecule has 0 bridgehead atoms. The maximum absolute atomic E-state index is 12.6. The van der Waals surface area contributed by atoms with Crippen LogP contribution in [0.25, 0.3) is 0 Å². The van der Waals surface area contributed by atoms with E-state index in [4.69, 9.17) is 10.3 Å². The first kappa shape index (κ1) is 18.1. The summed E-state index contributed by atoms with van der Waals surface area (Å²) in [5.41, 5.74) is 6.71. The standard InChI is InChI=1S/C18H26N4O2/c1-14(2)18-20-16(24-21-18)9-10-17(23)22(12-6-11-19)13-15-7-4-3-5-8-15/h3-5,7-8,14H,6,9-13,19H2,1-2H3. The number of hydrogen-bond acceptors (Lipinski definition) is 5. The lowest BCUT2D eigenvalue weighted by atomic mass is 10.2. The lowest BCUT2D eigenvalue weighted by Crippen LogP contribution is -2.32. The first-order chi connectivity index (χ1) is 11.6. The second kappa shape index (κ2) is 9.17. The SMILES string of the molecule is CC(C)c1noc(CCC(=O)N(CCCN)Cc2ccccc2)n1. The topological polar surface area (TPSA) is 85.2 Å². The molecule has 2 aromatic rings. The van der Waals surface area contributed by atoms with Gasteiger partial charge in [-0.05, 0) is 18.5 Å². The van der Waals surface area contributed by atoms with Crippen LogP contribution in [-0.4, -0.2) is 34.0 Å². The smallest absolute Gasteiger partial charge is 0.227 e. The largest absolute Gasteiger partial charge is 0.339 e. The number of benzene rings is 1. The number of aryl methyl sites for hydroxylation is 1. The van der Waals surface area contributed by atoms with Crippen molar-refractivity contribution in [2.45, 2.75) is 45.6 Å². The van der Waals surface area contributed by atoms with Crippen LogP contribution in [0.4, 0.5) is 0 Å². The van der Waals surface area contributed by atoms with E-state index in [0.29, 0.717) is 44.2 Å². The molecule has 0 aliphatic carbocycles. The Morgan fingerprint density at radius 3 is 2.67 bits per heavy atom. The van der Waals surface area contributed by atoms with Gasteiger partial charge in [0.1, 0.15) is 0 Å². The number of rotatable bonds is 9.